The van der Waals surface area contributed by atoms with Crippen LogP contribution in [0.5, 0.6) is 0 Å². The van der Waals surface area contributed by atoms with Crippen LogP contribution in [-0.4, -0.2) is 17.8 Å². The highest BCUT2D eigenvalue weighted by Gasteiger charge is 2.12. The molecule has 0 bridgehead atoms. The second kappa shape index (κ2) is 6.06. The lowest BCUT2D eigenvalue weighted by molar-refractivity contribution is 0.0939. The summed E-state index contributed by atoms with van der Waals surface area (Å²) in [6.45, 7) is 1.92. The fraction of sp³-hybridized carbons (Fsp3) is 0.364. The van der Waals surface area contributed by atoms with Crippen molar-refractivity contribution in [1.29, 1.82) is 0 Å². The van der Waals surface area contributed by atoms with E-state index in [0.29, 0.717) is 11.4 Å². The summed E-state index contributed by atoms with van der Waals surface area (Å²) in [4.78, 5) is 11.7. The third-order valence-corrected chi connectivity index (χ3v) is 2.86. The van der Waals surface area contributed by atoms with E-state index in [1.165, 1.54) is 18.2 Å². The van der Waals surface area contributed by atoms with Crippen LogP contribution in [0.25, 0.3) is 0 Å². The Labute approximate surface area is 104 Å². The molecule has 1 rings (SSSR count). The van der Waals surface area contributed by atoms with Gasteiger partial charge >= 0.3 is 0 Å². The van der Waals surface area contributed by atoms with E-state index in [9.17, 15) is 9.18 Å². The van der Waals surface area contributed by atoms with E-state index in [1.54, 1.807) is 0 Å². The second-order valence-electron chi connectivity index (χ2n) is 3.36. The van der Waals surface area contributed by atoms with Gasteiger partial charge in [0.05, 0.1) is 5.02 Å². The Balaban J connectivity index is 2.76. The molecule has 1 amide bonds. The van der Waals surface area contributed by atoms with Crippen LogP contribution in [-0.2, 0) is 0 Å². The smallest absolute Gasteiger partial charge is 0.251 e. The van der Waals surface area contributed by atoms with Crippen LogP contribution < -0.4 is 5.32 Å². The average molecular weight is 264 g/mol. The number of halogens is 3. The number of carbonyl (C=O) groups is 1. The Morgan fingerprint density at radius 1 is 1.56 bits per heavy atom. The number of hydrogen-bond donors (Lipinski definition) is 1. The summed E-state index contributed by atoms with van der Waals surface area (Å²) in [6.07, 6.45) is 0.740. The van der Waals surface area contributed by atoms with Gasteiger partial charge in [0.1, 0.15) is 5.82 Å². The highest BCUT2D eigenvalue weighted by atomic mass is 35.5. The van der Waals surface area contributed by atoms with Crippen molar-refractivity contribution in [3.8, 4) is 0 Å². The molecule has 1 unspecified atom stereocenters. The van der Waals surface area contributed by atoms with E-state index in [0.717, 1.165) is 6.42 Å². The molecule has 16 heavy (non-hydrogen) atoms. The molecule has 0 aliphatic rings. The molecule has 5 heteroatoms. The number of amides is 1. The molecule has 1 N–H and O–H groups in total. The Hall–Kier alpha value is -0.800. The number of hydrogen-bond acceptors (Lipinski definition) is 1. The molecule has 0 fully saturated rings. The SMILES string of the molecule is CCC(CCl)NC(=O)c1ccc(F)c(Cl)c1. The van der Waals surface area contributed by atoms with Crippen LogP contribution in [0.4, 0.5) is 4.39 Å². The fourth-order valence-electron chi connectivity index (χ4n) is 1.16. The van der Waals surface area contributed by atoms with Crippen LogP contribution >= 0.6 is 23.2 Å². The van der Waals surface area contributed by atoms with Crippen LogP contribution in [0, 0.1) is 5.82 Å². The summed E-state index contributed by atoms with van der Waals surface area (Å²) in [5.74, 6) is -0.492. The molecule has 0 heterocycles. The van der Waals surface area contributed by atoms with Crippen LogP contribution in [0.3, 0.4) is 0 Å². The minimum absolute atomic E-state index is 0.0634. The van der Waals surface area contributed by atoms with Gasteiger partial charge in [-0.05, 0) is 24.6 Å². The van der Waals surface area contributed by atoms with Gasteiger partial charge in [0, 0.05) is 17.5 Å². The van der Waals surface area contributed by atoms with Crippen molar-refractivity contribution in [1.82, 2.24) is 5.32 Å². The summed E-state index contributed by atoms with van der Waals surface area (Å²) in [7, 11) is 0. The zero-order valence-electron chi connectivity index (χ0n) is 8.77. The summed E-state index contributed by atoms with van der Waals surface area (Å²) >= 11 is 11.2. The van der Waals surface area contributed by atoms with E-state index >= 15 is 0 Å². The molecular weight excluding hydrogens is 252 g/mol. The number of nitrogens with one attached hydrogen (secondary N) is 1. The van der Waals surface area contributed by atoms with Crippen molar-refractivity contribution in [2.75, 3.05) is 5.88 Å². The van der Waals surface area contributed by atoms with Gasteiger partial charge < -0.3 is 5.32 Å². The third-order valence-electron chi connectivity index (χ3n) is 2.20. The molecule has 1 aromatic carbocycles. The largest absolute Gasteiger partial charge is 0.348 e. The van der Waals surface area contributed by atoms with Gasteiger partial charge in [-0.2, -0.15) is 0 Å². The van der Waals surface area contributed by atoms with E-state index in [-0.39, 0.29) is 17.0 Å². The van der Waals surface area contributed by atoms with E-state index in [1.807, 2.05) is 6.92 Å². The maximum absolute atomic E-state index is 12.9. The van der Waals surface area contributed by atoms with E-state index < -0.39 is 5.82 Å². The van der Waals surface area contributed by atoms with Gasteiger partial charge in [-0.1, -0.05) is 18.5 Å². The van der Waals surface area contributed by atoms with Gasteiger partial charge in [0.2, 0.25) is 0 Å². The Morgan fingerprint density at radius 2 is 2.25 bits per heavy atom. The molecule has 0 saturated carbocycles. The summed E-state index contributed by atoms with van der Waals surface area (Å²) in [6, 6.07) is 3.77. The minimum Gasteiger partial charge on any atom is -0.348 e. The number of alkyl halides is 1. The number of benzene rings is 1. The maximum Gasteiger partial charge on any atom is 0.251 e. The van der Waals surface area contributed by atoms with E-state index in [2.05, 4.69) is 5.32 Å². The molecule has 0 aliphatic carbocycles. The zero-order chi connectivity index (χ0) is 12.1. The van der Waals surface area contributed by atoms with Crippen molar-refractivity contribution >= 4 is 29.1 Å². The fourth-order valence-corrected chi connectivity index (χ4v) is 1.63. The van der Waals surface area contributed by atoms with Gasteiger partial charge in [0.15, 0.2) is 0 Å². The molecule has 0 saturated heterocycles. The van der Waals surface area contributed by atoms with Crippen LogP contribution in [0.15, 0.2) is 18.2 Å². The lowest BCUT2D eigenvalue weighted by Crippen LogP contribution is -2.35. The van der Waals surface area contributed by atoms with Gasteiger partial charge in [-0.3, -0.25) is 4.79 Å². The predicted molar refractivity (Wildman–Crippen MR) is 63.7 cm³/mol. The van der Waals surface area contributed by atoms with Crippen molar-refractivity contribution in [2.24, 2.45) is 0 Å². The van der Waals surface area contributed by atoms with Crippen LogP contribution in [0.2, 0.25) is 5.02 Å². The molecule has 0 aliphatic heterocycles. The van der Waals surface area contributed by atoms with E-state index in [4.69, 9.17) is 23.2 Å². The first-order valence-electron chi connectivity index (χ1n) is 4.90. The number of carbonyl (C=O) groups excluding carboxylic acids is 1. The third kappa shape index (κ3) is 3.35. The molecule has 2 nitrogen and oxygen atoms in total. The van der Waals surface area contributed by atoms with Crippen molar-refractivity contribution < 1.29 is 9.18 Å². The summed E-state index contributed by atoms with van der Waals surface area (Å²) in [5, 5.41) is 2.66. The first kappa shape index (κ1) is 13.3. The Bertz CT molecular complexity index is 380. The highest BCUT2D eigenvalue weighted by molar-refractivity contribution is 6.31. The first-order valence-corrected chi connectivity index (χ1v) is 5.81. The van der Waals surface area contributed by atoms with Gasteiger partial charge in [-0.25, -0.2) is 4.39 Å². The second-order valence-corrected chi connectivity index (χ2v) is 4.08. The summed E-state index contributed by atoms with van der Waals surface area (Å²) < 4.78 is 12.9. The molecule has 0 spiro atoms. The molecular formula is C11H12Cl2FNO. The quantitative estimate of drug-likeness (QED) is 0.831. The monoisotopic (exact) mass is 263 g/mol. The first-order chi connectivity index (χ1) is 7.58. The van der Waals surface area contributed by atoms with Crippen molar-refractivity contribution in [2.45, 2.75) is 19.4 Å². The van der Waals surface area contributed by atoms with Crippen LogP contribution in [0.1, 0.15) is 23.7 Å². The normalized spacial score (nSPS) is 12.2. The summed E-state index contributed by atoms with van der Waals surface area (Å²) in [5.41, 5.74) is 0.329. The lowest BCUT2D eigenvalue weighted by atomic mass is 10.2. The number of rotatable bonds is 4. The van der Waals surface area contributed by atoms with Crippen molar-refractivity contribution in [3.63, 3.8) is 0 Å². The lowest BCUT2D eigenvalue weighted by Gasteiger charge is -2.13. The highest BCUT2D eigenvalue weighted by Crippen LogP contribution is 2.16. The molecule has 1 aromatic rings. The molecule has 88 valence electrons. The minimum atomic E-state index is -0.539. The maximum atomic E-state index is 12.9. The van der Waals surface area contributed by atoms with Crippen molar-refractivity contribution in [3.05, 3.63) is 34.6 Å². The van der Waals surface area contributed by atoms with Gasteiger partial charge in [-0.15, -0.1) is 11.6 Å². The topological polar surface area (TPSA) is 29.1 Å². The molecule has 1 atom stereocenters. The molecule has 0 radical (unpaired) electrons. The Morgan fingerprint density at radius 3 is 2.75 bits per heavy atom. The van der Waals surface area contributed by atoms with Gasteiger partial charge in [0.25, 0.3) is 5.91 Å². The zero-order valence-corrected chi connectivity index (χ0v) is 10.3. The Kier molecular flexibility index (Phi) is 5.03. The standard InChI is InChI=1S/C11H12Cl2FNO/c1-2-8(6-12)15-11(16)7-3-4-10(14)9(13)5-7/h3-5,8H,2,6H2,1H3,(H,15,16). The molecule has 0 aromatic heterocycles. The predicted octanol–water partition coefficient (Wildman–Crippen LogP) is 3.23. The average Bonchev–Trinajstić information content (AvgIpc) is 2.29.